The third-order valence-corrected chi connectivity index (χ3v) is 6.47. The van der Waals surface area contributed by atoms with Gasteiger partial charge in [-0.1, -0.05) is 11.6 Å². The minimum atomic E-state index is -3.46. The average molecular weight is 332 g/mol. The van der Waals surface area contributed by atoms with Gasteiger partial charge in [0.1, 0.15) is 4.21 Å². The first-order chi connectivity index (χ1) is 6.90. The van der Waals surface area contributed by atoms with Crippen molar-refractivity contribution < 1.29 is 8.42 Å². The third-order valence-electron chi connectivity index (χ3n) is 2.03. The average Bonchev–Trinajstić information content (AvgIpc) is 2.66. The van der Waals surface area contributed by atoms with Crippen molar-refractivity contribution in [3.05, 3.63) is 14.9 Å². The van der Waals surface area contributed by atoms with Crippen molar-refractivity contribution in [2.24, 2.45) is 5.73 Å². The Bertz CT molecular complexity index is 468. The van der Waals surface area contributed by atoms with Gasteiger partial charge in [-0.2, -0.15) is 0 Å². The van der Waals surface area contributed by atoms with Crippen LogP contribution in [0.3, 0.4) is 0 Å². The maximum absolute atomic E-state index is 11.8. The molecule has 15 heavy (non-hydrogen) atoms. The Morgan fingerprint density at radius 3 is 2.67 bits per heavy atom. The number of thiophene rings is 1. The number of hydrogen-bond donors (Lipinski definition) is 2. The summed E-state index contributed by atoms with van der Waals surface area (Å²) in [7, 11) is -3.46. The van der Waals surface area contributed by atoms with E-state index in [0.29, 0.717) is 15.2 Å². The molecule has 2 unspecified atom stereocenters. The van der Waals surface area contributed by atoms with Crippen molar-refractivity contribution in [3.63, 3.8) is 0 Å². The largest absolute Gasteiger partial charge is 0.326 e. The van der Waals surface area contributed by atoms with Crippen LogP contribution >= 0.6 is 38.9 Å². The van der Waals surface area contributed by atoms with Gasteiger partial charge in [0.25, 0.3) is 0 Å². The van der Waals surface area contributed by atoms with Gasteiger partial charge in [0.15, 0.2) is 0 Å². The van der Waals surface area contributed by atoms with Crippen LogP contribution in [0.15, 0.2) is 14.1 Å². The molecule has 0 bridgehead atoms. The minimum absolute atomic E-state index is 0.0568. The van der Waals surface area contributed by atoms with E-state index in [1.807, 2.05) is 0 Å². The second-order valence-electron chi connectivity index (χ2n) is 3.31. The summed E-state index contributed by atoms with van der Waals surface area (Å²) in [6.07, 6.45) is 0.694. The molecular weight excluding hydrogens is 324 g/mol. The predicted molar refractivity (Wildman–Crippen MR) is 63.7 cm³/mol. The second kappa shape index (κ2) is 3.97. The fourth-order valence-electron chi connectivity index (χ4n) is 1.07. The van der Waals surface area contributed by atoms with Gasteiger partial charge in [0, 0.05) is 12.1 Å². The molecule has 1 aliphatic rings. The number of sulfonamides is 1. The standard InChI is InChI=1S/C7H8BrClN2O2S2/c8-7-3(9)1-6(14-7)15(12,13)11-5-2-4(5)10/h1,4-5,11H,2,10H2. The summed E-state index contributed by atoms with van der Waals surface area (Å²) in [4.78, 5) is 0. The summed E-state index contributed by atoms with van der Waals surface area (Å²) in [6, 6.07) is 1.24. The maximum atomic E-state index is 11.8. The quantitative estimate of drug-likeness (QED) is 0.882. The zero-order valence-corrected chi connectivity index (χ0v) is 11.4. The van der Waals surface area contributed by atoms with E-state index >= 15 is 0 Å². The highest BCUT2D eigenvalue weighted by Gasteiger charge is 2.37. The molecule has 1 heterocycles. The summed E-state index contributed by atoms with van der Waals surface area (Å²) in [5.74, 6) is 0. The van der Waals surface area contributed by atoms with Crippen LogP contribution in [0, 0.1) is 0 Å². The van der Waals surface area contributed by atoms with E-state index in [9.17, 15) is 8.42 Å². The third kappa shape index (κ3) is 2.54. The molecule has 0 aliphatic heterocycles. The van der Waals surface area contributed by atoms with Crippen LogP contribution in [-0.4, -0.2) is 20.5 Å². The predicted octanol–water partition coefficient (Wildman–Crippen LogP) is 1.54. The first kappa shape index (κ1) is 11.8. The number of nitrogens with one attached hydrogen (secondary N) is 1. The maximum Gasteiger partial charge on any atom is 0.250 e. The number of rotatable bonds is 3. The van der Waals surface area contributed by atoms with E-state index in [4.69, 9.17) is 17.3 Å². The van der Waals surface area contributed by atoms with E-state index in [2.05, 4.69) is 20.7 Å². The lowest BCUT2D eigenvalue weighted by molar-refractivity contribution is 0.582. The molecule has 0 spiro atoms. The molecule has 84 valence electrons. The van der Waals surface area contributed by atoms with Crippen LogP contribution in [0.5, 0.6) is 0 Å². The van der Waals surface area contributed by atoms with Gasteiger partial charge in [-0.25, -0.2) is 13.1 Å². The highest BCUT2D eigenvalue weighted by atomic mass is 79.9. The topological polar surface area (TPSA) is 72.2 Å². The lowest BCUT2D eigenvalue weighted by Crippen LogP contribution is -2.29. The molecule has 1 saturated carbocycles. The summed E-state index contributed by atoms with van der Waals surface area (Å²) in [5.41, 5.74) is 5.53. The van der Waals surface area contributed by atoms with Gasteiger partial charge in [0.2, 0.25) is 10.0 Å². The first-order valence-corrected chi connectivity index (χ1v) is 7.60. The lowest BCUT2D eigenvalue weighted by atomic mass is 10.7. The van der Waals surface area contributed by atoms with Gasteiger partial charge in [-0.3, -0.25) is 0 Å². The van der Waals surface area contributed by atoms with Crippen LogP contribution in [0.25, 0.3) is 0 Å². The molecular formula is C7H8BrClN2O2S2. The van der Waals surface area contributed by atoms with Crippen molar-refractivity contribution in [1.29, 1.82) is 0 Å². The molecule has 0 radical (unpaired) electrons. The van der Waals surface area contributed by atoms with Crippen molar-refractivity contribution in [1.82, 2.24) is 4.72 Å². The van der Waals surface area contributed by atoms with Gasteiger partial charge in [-0.15, -0.1) is 11.3 Å². The van der Waals surface area contributed by atoms with Gasteiger partial charge >= 0.3 is 0 Å². The fraction of sp³-hybridized carbons (Fsp3) is 0.429. The number of halogens is 2. The normalized spacial score (nSPS) is 25.5. The monoisotopic (exact) mass is 330 g/mol. The van der Waals surface area contributed by atoms with Crippen molar-refractivity contribution in [2.45, 2.75) is 22.7 Å². The molecule has 4 nitrogen and oxygen atoms in total. The Hall–Kier alpha value is 0.340. The summed E-state index contributed by atoms with van der Waals surface area (Å²) >= 11 is 10.0. The first-order valence-electron chi connectivity index (χ1n) is 4.13. The molecule has 0 amide bonds. The highest BCUT2D eigenvalue weighted by Crippen LogP contribution is 2.35. The lowest BCUT2D eigenvalue weighted by Gasteiger charge is -2.01. The zero-order valence-electron chi connectivity index (χ0n) is 7.41. The van der Waals surface area contributed by atoms with E-state index < -0.39 is 10.0 Å². The SMILES string of the molecule is NC1CC1NS(=O)(=O)c1cc(Cl)c(Br)s1. The molecule has 2 rings (SSSR count). The summed E-state index contributed by atoms with van der Waals surface area (Å²) in [5, 5.41) is 0.403. The molecule has 1 fully saturated rings. The Labute approximate surface area is 105 Å². The smallest absolute Gasteiger partial charge is 0.250 e. The molecule has 2 atom stereocenters. The highest BCUT2D eigenvalue weighted by molar-refractivity contribution is 9.11. The minimum Gasteiger partial charge on any atom is -0.326 e. The number of nitrogens with two attached hydrogens (primary N) is 1. The molecule has 1 aromatic rings. The molecule has 0 saturated heterocycles. The van der Waals surface area contributed by atoms with E-state index in [-0.39, 0.29) is 16.3 Å². The zero-order chi connectivity index (χ0) is 11.2. The summed E-state index contributed by atoms with van der Waals surface area (Å²) < 4.78 is 26.9. The van der Waals surface area contributed by atoms with Gasteiger partial charge in [0.05, 0.1) is 8.81 Å². The van der Waals surface area contributed by atoms with E-state index in [0.717, 1.165) is 11.3 Å². The fourth-order valence-corrected chi connectivity index (χ4v) is 4.78. The van der Waals surface area contributed by atoms with Crippen LogP contribution in [-0.2, 0) is 10.0 Å². The Balaban J connectivity index is 2.21. The van der Waals surface area contributed by atoms with E-state index in [1.54, 1.807) is 0 Å². The molecule has 1 aromatic heterocycles. The molecule has 0 aromatic carbocycles. The molecule has 1 aliphatic carbocycles. The van der Waals surface area contributed by atoms with Crippen LogP contribution in [0.4, 0.5) is 0 Å². The number of hydrogen-bond acceptors (Lipinski definition) is 4. The van der Waals surface area contributed by atoms with Crippen LogP contribution < -0.4 is 10.5 Å². The molecule has 3 N–H and O–H groups in total. The van der Waals surface area contributed by atoms with Crippen LogP contribution in [0.1, 0.15) is 6.42 Å². The van der Waals surface area contributed by atoms with Gasteiger partial charge < -0.3 is 5.73 Å². The van der Waals surface area contributed by atoms with E-state index in [1.165, 1.54) is 6.07 Å². The second-order valence-corrected chi connectivity index (χ2v) is 8.03. The van der Waals surface area contributed by atoms with Gasteiger partial charge in [-0.05, 0) is 28.4 Å². The van der Waals surface area contributed by atoms with Crippen molar-refractivity contribution >= 4 is 48.9 Å². The molecule has 8 heteroatoms. The van der Waals surface area contributed by atoms with Crippen LogP contribution in [0.2, 0.25) is 5.02 Å². The Kier molecular flexibility index (Phi) is 3.13. The Morgan fingerprint density at radius 2 is 2.27 bits per heavy atom. The van der Waals surface area contributed by atoms with Crippen molar-refractivity contribution in [3.8, 4) is 0 Å². The summed E-state index contributed by atoms with van der Waals surface area (Å²) in [6.45, 7) is 0. The Morgan fingerprint density at radius 1 is 1.67 bits per heavy atom. The van der Waals surface area contributed by atoms with Crippen molar-refractivity contribution in [2.75, 3.05) is 0 Å².